The molecule has 0 aliphatic carbocycles. The first-order chi connectivity index (χ1) is 15.4. The zero-order chi connectivity index (χ0) is 22.9. The average molecular weight is 455 g/mol. The highest BCUT2D eigenvalue weighted by molar-refractivity contribution is 7.98. The Labute approximate surface area is 188 Å². The van der Waals surface area contributed by atoms with Crippen molar-refractivity contribution < 1.29 is 23.6 Å². The van der Waals surface area contributed by atoms with Gasteiger partial charge in [0.25, 0.3) is 5.91 Å². The third kappa shape index (κ3) is 6.67. The van der Waals surface area contributed by atoms with Gasteiger partial charge in [-0.25, -0.2) is 0 Å². The van der Waals surface area contributed by atoms with Gasteiger partial charge in [-0.2, -0.15) is 4.98 Å². The molecule has 166 valence electrons. The quantitative estimate of drug-likeness (QED) is 0.374. The smallest absolute Gasteiger partial charge is 0.325 e. The monoisotopic (exact) mass is 454 g/mol. The Kier molecular flexibility index (Phi) is 7.98. The topological polar surface area (TPSA) is 123 Å². The maximum absolute atomic E-state index is 12.8. The SMILES string of the molecule is COC(=O)CNC(=O)Cc1ccc(NC(=O)c2ccccc2SCc2noc(C)n2)cc1. The normalized spacial score (nSPS) is 10.4. The number of hydrogen-bond donors (Lipinski definition) is 2. The minimum atomic E-state index is -0.512. The molecule has 0 unspecified atom stereocenters. The fourth-order valence-electron chi connectivity index (χ4n) is 2.72. The number of ether oxygens (including phenoxy) is 1. The van der Waals surface area contributed by atoms with E-state index in [2.05, 4.69) is 25.5 Å². The van der Waals surface area contributed by atoms with E-state index in [0.29, 0.717) is 28.7 Å². The second-order valence-electron chi connectivity index (χ2n) is 6.70. The van der Waals surface area contributed by atoms with Gasteiger partial charge < -0.3 is 19.9 Å². The van der Waals surface area contributed by atoms with Crippen LogP contribution in [0.2, 0.25) is 0 Å². The van der Waals surface area contributed by atoms with E-state index >= 15 is 0 Å². The van der Waals surface area contributed by atoms with Crippen molar-refractivity contribution in [2.24, 2.45) is 0 Å². The van der Waals surface area contributed by atoms with Crippen LogP contribution in [0, 0.1) is 6.92 Å². The molecule has 0 spiro atoms. The van der Waals surface area contributed by atoms with Crippen LogP contribution < -0.4 is 10.6 Å². The van der Waals surface area contributed by atoms with Crippen molar-refractivity contribution in [1.29, 1.82) is 0 Å². The van der Waals surface area contributed by atoms with E-state index in [1.807, 2.05) is 12.1 Å². The Balaban J connectivity index is 1.57. The lowest BCUT2D eigenvalue weighted by Crippen LogP contribution is -2.31. The number of anilines is 1. The lowest BCUT2D eigenvalue weighted by molar-refractivity contribution is -0.141. The summed E-state index contributed by atoms with van der Waals surface area (Å²) in [5, 5.41) is 9.21. The van der Waals surface area contributed by atoms with Crippen LogP contribution in [0.4, 0.5) is 5.69 Å². The Morgan fingerprint density at radius 1 is 1.09 bits per heavy atom. The zero-order valence-corrected chi connectivity index (χ0v) is 18.4. The summed E-state index contributed by atoms with van der Waals surface area (Å²) in [6.07, 6.45) is 0.111. The number of esters is 1. The second kappa shape index (κ2) is 11.1. The summed E-state index contributed by atoms with van der Waals surface area (Å²) >= 11 is 1.45. The summed E-state index contributed by atoms with van der Waals surface area (Å²) < 4.78 is 9.45. The molecule has 0 aliphatic heterocycles. The molecule has 1 aromatic heterocycles. The van der Waals surface area contributed by atoms with Gasteiger partial charge in [0.05, 0.1) is 24.8 Å². The van der Waals surface area contributed by atoms with Gasteiger partial charge in [0, 0.05) is 17.5 Å². The van der Waals surface area contributed by atoms with E-state index in [0.717, 1.165) is 10.5 Å². The standard InChI is InChI=1S/C22H22N4O5S/c1-14-24-19(26-31-14)13-32-18-6-4-3-5-17(18)22(29)25-16-9-7-15(8-10-16)11-20(27)23-12-21(28)30-2/h3-10H,11-13H2,1-2H3,(H,23,27)(H,25,29). The number of nitrogens with zero attached hydrogens (tertiary/aromatic N) is 2. The highest BCUT2D eigenvalue weighted by atomic mass is 32.2. The molecule has 0 bridgehead atoms. The summed E-state index contributed by atoms with van der Waals surface area (Å²) in [4.78, 5) is 40.7. The highest BCUT2D eigenvalue weighted by Crippen LogP contribution is 2.26. The van der Waals surface area contributed by atoms with E-state index < -0.39 is 5.97 Å². The van der Waals surface area contributed by atoms with Crippen LogP contribution in [0.25, 0.3) is 0 Å². The summed E-state index contributed by atoms with van der Waals surface area (Å²) in [6.45, 7) is 1.55. The number of carbonyl (C=O) groups is 3. The maximum Gasteiger partial charge on any atom is 0.325 e. The molecule has 3 rings (SSSR count). The van der Waals surface area contributed by atoms with Gasteiger partial charge in [-0.3, -0.25) is 14.4 Å². The second-order valence-corrected chi connectivity index (χ2v) is 7.71. The minimum absolute atomic E-state index is 0.111. The molecule has 0 radical (unpaired) electrons. The number of aryl methyl sites for hydroxylation is 1. The first kappa shape index (κ1) is 23.0. The number of amides is 2. The summed E-state index contributed by atoms with van der Waals surface area (Å²) in [5.74, 6) is 0.483. The number of nitrogens with one attached hydrogen (secondary N) is 2. The van der Waals surface area contributed by atoms with Gasteiger partial charge >= 0.3 is 5.97 Å². The van der Waals surface area contributed by atoms with Crippen molar-refractivity contribution in [3.05, 3.63) is 71.4 Å². The first-order valence-corrected chi connectivity index (χ1v) is 10.7. The summed E-state index contributed by atoms with van der Waals surface area (Å²) in [6, 6.07) is 14.2. The molecule has 2 N–H and O–H groups in total. The third-order valence-electron chi connectivity index (χ3n) is 4.29. The van der Waals surface area contributed by atoms with Gasteiger partial charge in [-0.1, -0.05) is 29.4 Å². The van der Waals surface area contributed by atoms with Crippen LogP contribution in [0.1, 0.15) is 27.6 Å². The molecule has 0 atom stereocenters. The number of methoxy groups -OCH3 is 1. The molecule has 1 heterocycles. The number of aromatic nitrogens is 2. The van der Waals surface area contributed by atoms with Crippen LogP contribution in [0.5, 0.6) is 0 Å². The van der Waals surface area contributed by atoms with Crippen molar-refractivity contribution in [3.63, 3.8) is 0 Å². The molecule has 0 fully saturated rings. The summed E-state index contributed by atoms with van der Waals surface area (Å²) in [7, 11) is 1.26. The van der Waals surface area contributed by atoms with E-state index in [4.69, 9.17) is 4.52 Å². The van der Waals surface area contributed by atoms with Gasteiger partial charge in [-0.05, 0) is 29.8 Å². The first-order valence-electron chi connectivity index (χ1n) is 9.69. The lowest BCUT2D eigenvalue weighted by Gasteiger charge is -2.10. The molecule has 0 aliphatic rings. The van der Waals surface area contributed by atoms with Crippen molar-refractivity contribution in [2.45, 2.75) is 24.0 Å². The fraction of sp³-hybridized carbons (Fsp3) is 0.227. The van der Waals surface area contributed by atoms with Gasteiger partial charge in [0.2, 0.25) is 11.8 Å². The number of rotatable bonds is 9. The number of benzene rings is 2. The van der Waals surface area contributed by atoms with Crippen LogP contribution >= 0.6 is 11.8 Å². The molecule has 9 nitrogen and oxygen atoms in total. The van der Waals surface area contributed by atoms with E-state index in [-0.39, 0.29) is 24.8 Å². The maximum atomic E-state index is 12.8. The molecule has 2 amide bonds. The Morgan fingerprint density at radius 2 is 1.84 bits per heavy atom. The van der Waals surface area contributed by atoms with Crippen LogP contribution in [0.3, 0.4) is 0 Å². The van der Waals surface area contributed by atoms with Crippen LogP contribution in [-0.2, 0) is 26.5 Å². The number of carbonyl (C=O) groups excluding carboxylic acids is 3. The van der Waals surface area contributed by atoms with E-state index in [1.165, 1.54) is 18.9 Å². The van der Waals surface area contributed by atoms with Gasteiger partial charge in [0.15, 0.2) is 5.82 Å². The van der Waals surface area contributed by atoms with Crippen molar-refractivity contribution in [2.75, 3.05) is 19.0 Å². The predicted octanol–water partition coefficient (Wildman–Crippen LogP) is 2.75. The minimum Gasteiger partial charge on any atom is -0.468 e. The molecule has 10 heteroatoms. The number of thioether (sulfide) groups is 1. The lowest BCUT2D eigenvalue weighted by atomic mass is 10.1. The molecule has 2 aromatic carbocycles. The third-order valence-corrected chi connectivity index (χ3v) is 5.36. The molecule has 0 saturated carbocycles. The largest absolute Gasteiger partial charge is 0.468 e. The Morgan fingerprint density at radius 3 is 2.53 bits per heavy atom. The van der Waals surface area contributed by atoms with Crippen LogP contribution in [0.15, 0.2) is 57.9 Å². The van der Waals surface area contributed by atoms with E-state index in [1.54, 1.807) is 43.3 Å². The van der Waals surface area contributed by atoms with Crippen molar-refractivity contribution in [3.8, 4) is 0 Å². The highest BCUT2D eigenvalue weighted by Gasteiger charge is 2.13. The fourth-order valence-corrected chi connectivity index (χ4v) is 3.61. The average Bonchev–Trinajstić information content (AvgIpc) is 3.22. The molecular weight excluding hydrogens is 432 g/mol. The predicted molar refractivity (Wildman–Crippen MR) is 118 cm³/mol. The van der Waals surface area contributed by atoms with Gasteiger partial charge in [-0.15, -0.1) is 11.8 Å². The summed E-state index contributed by atoms with van der Waals surface area (Å²) in [5.41, 5.74) is 1.88. The Hall–Kier alpha value is -3.66. The molecule has 3 aromatic rings. The van der Waals surface area contributed by atoms with Crippen molar-refractivity contribution >= 4 is 35.2 Å². The molecule has 32 heavy (non-hydrogen) atoms. The van der Waals surface area contributed by atoms with Crippen molar-refractivity contribution in [1.82, 2.24) is 15.5 Å². The van der Waals surface area contributed by atoms with Gasteiger partial charge in [0.1, 0.15) is 6.54 Å². The van der Waals surface area contributed by atoms with E-state index in [9.17, 15) is 14.4 Å². The zero-order valence-electron chi connectivity index (χ0n) is 17.6. The molecular formula is C22H22N4O5S. The number of hydrogen-bond acceptors (Lipinski definition) is 8. The van der Waals surface area contributed by atoms with Crippen LogP contribution in [-0.4, -0.2) is 41.6 Å². The Bertz CT molecular complexity index is 1100. The molecule has 0 saturated heterocycles.